The molecule has 1 N–H and O–H groups in total. The molecule has 1 heterocycles. The number of ketones is 1. The first-order chi connectivity index (χ1) is 7.66. The molecule has 16 heavy (non-hydrogen) atoms. The van der Waals surface area contributed by atoms with Crippen LogP contribution >= 0.6 is 0 Å². The lowest BCUT2D eigenvalue weighted by atomic mass is 9.95. The van der Waals surface area contributed by atoms with Crippen LogP contribution in [0.4, 0.5) is 0 Å². The third-order valence-electron chi connectivity index (χ3n) is 4.17. The number of carbonyl (C=O) groups is 1. The molecule has 0 radical (unpaired) electrons. The van der Waals surface area contributed by atoms with Crippen molar-refractivity contribution in [3.63, 3.8) is 0 Å². The summed E-state index contributed by atoms with van der Waals surface area (Å²) in [7, 11) is 0. The summed E-state index contributed by atoms with van der Waals surface area (Å²) in [6.45, 7) is 5.12. The van der Waals surface area contributed by atoms with Crippen molar-refractivity contribution in [1.29, 1.82) is 0 Å². The first-order valence-electron chi connectivity index (χ1n) is 6.60. The van der Waals surface area contributed by atoms with E-state index in [1.165, 1.54) is 0 Å². The van der Waals surface area contributed by atoms with Gasteiger partial charge in [0.25, 0.3) is 0 Å². The third kappa shape index (κ3) is 2.83. The van der Waals surface area contributed by atoms with E-state index in [0.29, 0.717) is 17.6 Å². The van der Waals surface area contributed by atoms with E-state index in [4.69, 9.17) is 0 Å². The maximum atomic E-state index is 11.5. The molecule has 3 atom stereocenters. The van der Waals surface area contributed by atoms with Crippen LogP contribution in [-0.2, 0) is 4.79 Å². The van der Waals surface area contributed by atoms with Crippen LogP contribution in [0.1, 0.15) is 39.0 Å². The van der Waals surface area contributed by atoms with Gasteiger partial charge < -0.3 is 10.0 Å². The Bertz CT molecular complexity index is 254. The second kappa shape index (κ2) is 5.28. The fourth-order valence-electron chi connectivity index (χ4n) is 2.95. The fourth-order valence-corrected chi connectivity index (χ4v) is 2.95. The number of likely N-dealkylation sites (tertiary alicyclic amines) is 1. The van der Waals surface area contributed by atoms with Gasteiger partial charge in [-0.05, 0) is 38.1 Å². The van der Waals surface area contributed by atoms with Gasteiger partial charge >= 0.3 is 0 Å². The Hall–Kier alpha value is -0.410. The van der Waals surface area contributed by atoms with Crippen LogP contribution in [0.2, 0.25) is 0 Å². The van der Waals surface area contributed by atoms with Crippen LogP contribution in [0.25, 0.3) is 0 Å². The van der Waals surface area contributed by atoms with E-state index >= 15 is 0 Å². The summed E-state index contributed by atoms with van der Waals surface area (Å²) >= 11 is 0. The van der Waals surface area contributed by atoms with Crippen molar-refractivity contribution in [3.8, 4) is 0 Å². The number of hydrogen-bond acceptors (Lipinski definition) is 3. The van der Waals surface area contributed by atoms with Gasteiger partial charge in [-0.15, -0.1) is 0 Å². The molecular weight excluding hydrogens is 202 g/mol. The smallest absolute Gasteiger partial charge is 0.136 e. The molecule has 3 heteroatoms. The minimum atomic E-state index is -0.121. The lowest BCUT2D eigenvalue weighted by Crippen LogP contribution is -2.42. The molecule has 1 saturated heterocycles. The van der Waals surface area contributed by atoms with E-state index in [0.717, 1.165) is 51.7 Å². The average Bonchev–Trinajstić information content (AvgIpc) is 2.66. The molecule has 3 unspecified atom stereocenters. The highest BCUT2D eigenvalue weighted by Gasteiger charge is 2.27. The molecule has 0 bridgehead atoms. The predicted octanol–water partition coefficient (Wildman–Crippen LogP) is 1.45. The highest BCUT2D eigenvalue weighted by Crippen LogP contribution is 2.25. The van der Waals surface area contributed by atoms with Gasteiger partial charge in [-0.2, -0.15) is 0 Å². The maximum absolute atomic E-state index is 11.5. The highest BCUT2D eigenvalue weighted by atomic mass is 16.3. The number of aliphatic hydroxyl groups excluding tert-OH is 1. The van der Waals surface area contributed by atoms with Gasteiger partial charge in [0.2, 0.25) is 0 Å². The fraction of sp³-hybridized carbons (Fsp3) is 0.923. The first-order valence-corrected chi connectivity index (χ1v) is 6.60. The molecule has 2 aliphatic rings. The molecule has 2 rings (SSSR count). The van der Waals surface area contributed by atoms with Gasteiger partial charge in [0.05, 0.1) is 6.10 Å². The zero-order valence-corrected chi connectivity index (χ0v) is 10.2. The Balaban J connectivity index is 1.72. The number of rotatable bonds is 3. The van der Waals surface area contributed by atoms with Gasteiger partial charge in [-0.1, -0.05) is 6.92 Å². The Morgan fingerprint density at radius 1 is 1.44 bits per heavy atom. The normalized spacial score (nSPS) is 36.9. The Labute approximate surface area is 97.8 Å². The van der Waals surface area contributed by atoms with Crippen molar-refractivity contribution in [2.45, 2.75) is 45.1 Å². The number of hydrogen-bond donors (Lipinski definition) is 1. The quantitative estimate of drug-likeness (QED) is 0.790. The van der Waals surface area contributed by atoms with Crippen molar-refractivity contribution in [1.82, 2.24) is 4.90 Å². The summed E-state index contributed by atoms with van der Waals surface area (Å²) in [4.78, 5) is 13.9. The van der Waals surface area contributed by atoms with Gasteiger partial charge in [0.15, 0.2) is 0 Å². The summed E-state index contributed by atoms with van der Waals surface area (Å²) in [6.07, 6.45) is 4.80. The Kier molecular flexibility index (Phi) is 3.98. The second-order valence-corrected chi connectivity index (χ2v) is 5.48. The topological polar surface area (TPSA) is 40.5 Å². The molecule has 1 aliphatic carbocycles. The summed E-state index contributed by atoms with van der Waals surface area (Å²) in [5, 5.41) is 9.64. The van der Waals surface area contributed by atoms with Gasteiger partial charge in [0.1, 0.15) is 5.78 Å². The van der Waals surface area contributed by atoms with Crippen LogP contribution < -0.4 is 0 Å². The van der Waals surface area contributed by atoms with Crippen molar-refractivity contribution in [2.75, 3.05) is 19.6 Å². The van der Waals surface area contributed by atoms with Crippen molar-refractivity contribution >= 4 is 5.78 Å². The van der Waals surface area contributed by atoms with E-state index in [9.17, 15) is 9.90 Å². The van der Waals surface area contributed by atoms with E-state index in [1.807, 2.05) is 0 Å². The van der Waals surface area contributed by atoms with E-state index < -0.39 is 0 Å². The third-order valence-corrected chi connectivity index (χ3v) is 4.17. The molecule has 3 nitrogen and oxygen atoms in total. The van der Waals surface area contributed by atoms with Crippen molar-refractivity contribution < 1.29 is 9.90 Å². The zero-order valence-electron chi connectivity index (χ0n) is 10.2. The number of nitrogens with zero attached hydrogens (tertiary/aromatic N) is 1. The average molecular weight is 225 g/mol. The highest BCUT2D eigenvalue weighted by molar-refractivity contribution is 5.82. The SMILES string of the molecule is CC1CN(CCC2CCCC2=O)CCC1O. The number of aliphatic hydroxyl groups is 1. The summed E-state index contributed by atoms with van der Waals surface area (Å²) in [6, 6.07) is 0. The molecule has 0 aromatic rings. The van der Waals surface area contributed by atoms with Gasteiger partial charge in [0, 0.05) is 25.4 Å². The van der Waals surface area contributed by atoms with E-state index in [-0.39, 0.29) is 6.10 Å². The zero-order chi connectivity index (χ0) is 11.5. The summed E-state index contributed by atoms with van der Waals surface area (Å²) < 4.78 is 0. The largest absolute Gasteiger partial charge is 0.393 e. The van der Waals surface area contributed by atoms with Crippen LogP contribution in [-0.4, -0.2) is 41.5 Å². The van der Waals surface area contributed by atoms with Crippen molar-refractivity contribution in [2.24, 2.45) is 11.8 Å². The van der Waals surface area contributed by atoms with Crippen LogP contribution in [0, 0.1) is 11.8 Å². The molecule has 2 fully saturated rings. The standard InChI is InChI=1S/C13H23NO2/c1-10-9-14(8-6-12(10)15)7-5-11-3-2-4-13(11)16/h10-12,15H,2-9H2,1H3. The van der Waals surface area contributed by atoms with Gasteiger partial charge in [-0.25, -0.2) is 0 Å². The molecule has 0 spiro atoms. The lowest BCUT2D eigenvalue weighted by Gasteiger charge is -2.34. The molecule has 1 aliphatic heterocycles. The molecular formula is C13H23NO2. The molecule has 0 amide bonds. The summed E-state index contributed by atoms with van der Waals surface area (Å²) in [5.74, 6) is 1.19. The number of piperidine rings is 1. The minimum absolute atomic E-state index is 0.121. The van der Waals surface area contributed by atoms with E-state index in [1.54, 1.807) is 0 Å². The monoisotopic (exact) mass is 225 g/mol. The van der Waals surface area contributed by atoms with Gasteiger partial charge in [-0.3, -0.25) is 4.79 Å². The number of carbonyl (C=O) groups excluding carboxylic acids is 1. The predicted molar refractivity (Wildman–Crippen MR) is 63.2 cm³/mol. The van der Waals surface area contributed by atoms with Crippen molar-refractivity contribution in [3.05, 3.63) is 0 Å². The Morgan fingerprint density at radius 2 is 2.25 bits per heavy atom. The molecule has 92 valence electrons. The van der Waals surface area contributed by atoms with Crippen LogP contribution in [0.5, 0.6) is 0 Å². The maximum Gasteiger partial charge on any atom is 0.136 e. The minimum Gasteiger partial charge on any atom is -0.393 e. The molecule has 1 saturated carbocycles. The Morgan fingerprint density at radius 3 is 2.88 bits per heavy atom. The van der Waals surface area contributed by atoms with E-state index in [2.05, 4.69) is 11.8 Å². The second-order valence-electron chi connectivity index (χ2n) is 5.48. The van der Waals surface area contributed by atoms with Crippen LogP contribution in [0.3, 0.4) is 0 Å². The molecule has 0 aromatic heterocycles. The molecule has 0 aromatic carbocycles. The summed E-state index contributed by atoms with van der Waals surface area (Å²) in [5.41, 5.74) is 0. The first kappa shape index (κ1) is 12.1. The van der Waals surface area contributed by atoms with Crippen LogP contribution in [0.15, 0.2) is 0 Å². The lowest BCUT2D eigenvalue weighted by molar-refractivity contribution is -0.121. The number of Topliss-reactive ketones (excluding diaryl/α,β-unsaturated/α-hetero) is 1.